The maximum atomic E-state index is 5.68. The van der Waals surface area contributed by atoms with Gasteiger partial charge in [-0.2, -0.15) is 0 Å². The molecule has 0 aromatic heterocycles. The van der Waals surface area contributed by atoms with Crippen LogP contribution >= 0.6 is 0 Å². The van der Waals surface area contributed by atoms with E-state index in [0.29, 0.717) is 5.92 Å². The molecule has 0 atom stereocenters. The topological polar surface area (TPSA) is 18.5 Å². The lowest BCUT2D eigenvalue weighted by Crippen LogP contribution is -2.36. The van der Waals surface area contributed by atoms with E-state index in [4.69, 9.17) is 9.47 Å². The Morgan fingerprint density at radius 2 is 1.83 bits per heavy atom. The maximum Gasteiger partial charge on any atom is 0.170 e. The summed E-state index contributed by atoms with van der Waals surface area (Å²) in [6.45, 7) is 8.06. The van der Waals surface area contributed by atoms with Gasteiger partial charge in [0.05, 0.1) is 13.2 Å². The summed E-state index contributed by atoms with van der Waals surface area (Å²) in [5, 5.41) is 0. The zero-order valence-corrected chi connectivity index (χ0v) is 8.43. The Bertz CT molecular complexity index is 126. The Kier molecular flexibility index (Phi) is 3.53. The highest BCUT2D eigenvalue weighted by molar-refractivity contribution is 4.77. The number of unbranched alkanes of at least 4 members (excludes halogenated alkanes) is 1. The molecule has 1 aliphatic heterocycles. The number of hydrogen-bond donors (Lipinski definition) is 0. The predicted octanol–water partition coefficient (Wildman–Crippen LogP) is 2.58. The zero-order chi connectivity index (χ0) is 9.03. The van der Waals surface area contributed by atoms with Crippen molar-refractivity contribution in [2.24, 2.45) is 5.92 Å². The van der Waals surface area contributed by atoms with Gasteiger partial charge in [0.25, 0.3) is 0 Å². The minimum absolute atomic E-state index is 0.254. The lowest BCUT2D eigenvalue weighted by Gasteiger charge is -2.31. The lowest BCUT2D eigenvalue weighted by atomic mass is 9.97. The van der Waals surface area contributed by atoms with E-state index in [1.807, 2.05) is 0 Å². The van der Waals surface area contributed by atoms with Crippen LogP contribution in [0.25, 0.3) is 0 Å². The molecule has 2 nitrogen and oxygen atoms in total. The fourth-order valence-electron chi connectivity index (χ4n) is 1.66. The molecule has 12 heavy (non-hydrogen) atoms. The van der Waals surface area contributed by atoms with Crippen molar-refractivity contribution in [3.05, 3.63) is 0 Å². The molecule has 1 rings (SSSR count). The Hall–Kier alpha value is -0.0800. The second-order valence-electron chi connectivity index (χ2n) is 3.77. The summed E-state index contributed by atoms with van der Waals surface area (Å²) in [5.74, 6) is 0.210. The molecule has 0 amide bonds. The molecule has 0 aliphatic carbocycles. The van der Waals surface area contributed by atoms with Crippen molar-refractivity contribution in [2.75, 3.05) is 13.2 Å². The Labute approximate surface area is 75.2 Å². The van der Waals surface area contributed by atoms with Crippen molar-refractivity contribution >= 4 is 0 Å². The van der Waals surface area contributed by atoms with Crippen LogP contribution in [-0.4, -0.2) is 19.0 Å². The van der Waals surface area contributed by atoms with Crippen LogP contribution in [0.15, 0.2) is 0 Å². The summed E-state index contributed by atoms with van der Waals surface area (Å²) in [6, 6.07) is 0. The van der Waals surface area contributed by atoms with Gasteiger partial charge in [-0.25, -0.2) is 0 Å². The van der Waals surface area contributed by atoms with Crippen LogP contribution < -0.4 is 0 Å². The van der Waals surface area contributed by atoms with Crippen molar-refractivity contribution in [2.45, 2.75) is 45.8 Å². The first kappa shape index (κ1) is 10.0. The summed E-state index contributed by atoms with van der Waals surface area (Å²) in [4.78, 5) is 0. The molecule has 0 aromatic carbocycles. The van der Waals surface area contributed by atoms with Crippen LogP contribution in [-0.2, 0) is 9.47 Å². The van der Waals surface area contributed by atoms with Crippen molar-refractivity contribution < 1.29 is 9.47 Å². The highest BCUT2D eigenvalue weighted by atomic mass is 16.7. The minimum Gasteiger partial charge on any atom is -0.347 e. The van der Waals surface area contributed by atoms with Gasteiger partial charge in [-0.15, -0.1) is 0 Å². The molecule has 0 unspecified atom stereocenters. The number of hydrogen-bond acceptors (Lipinski definition) is 2. The molecule has 0 bridgehead atoms. The van der Waals surface area contributed by atoms with E-state index in [2.05, 4.69) is 20.8 Å². The van der Waals surface area contributed by atoms with Crippen LogP contribution in [0.2, 0.25) is 0 Å². The third-order valence-corrected chi connectivity index (χ3v) is 2.53. The van der Waals surface area contributed by atoms with Gasteiger partial charge in [0.2, 0.25) is 0 Å². The van der Waals surface area contributed by atoms with E-state index < -0.39 is 0 Å². The van der Waals surface area contributed by atoms with Crippen LogP contribution in [0.5, 0.6) is 0 Å². The van der Waals surface area contributed by atoms with Crippen molar-refractivity contribution in [3.63, 3.8) is 0 Å². The molecule has 0 saturated carbocycles. The molecule has 1 aliphatic rings. The van der Waals surface area contributed by atoms with E-state index in [1.165, 1.54) is 12.8 Å². The molecule has 0 spiro atoms. The quantitative estimate of drug-likeness (QED) is 0.649. The molecule has 1 fully saturated rings. The summed E-state index contributed by atoms with van der Waals surface area (Å²) < 4.78 is 11.4. The van der Waals surface area contributed by atoms with Crippen LogP contribution in [0.1, 0.15) is 40.0 Å². The van der Waals surface area contributed by atoms with Gasteiger partial charge in [0.15, 0.2) is 5.79 Å². The third-order valence-electron chi connectivity index (χ3n) is 2.53. The molecule has 0 aromatic rings. The first-order valence-corrected chi connectivity index (χ1v) is 4.99. The molecule has 1 heterocycles. The van der Waals surface area contributed by atoms with E-state index in [-0.39, 0.29) is 5.79 Å². The molecule has 2 heteroatoms. The fraction of sp³-hybridized carbons (Fsp3) is 1.00. The van der Waals surface area contributed by atoms with Crippen molar-refractivity contribution in [1.82, 2.24) is 0 Å². The summed E-state index contributed by atoms with van der Waals surface area (Å²) in [5.41, 5.74) is 0. The summed E-state index contributed by atoms with van der Waals surface area (Å²) in [6.07, 6.45) is 3.44. The van der Waals surface area contributed by atoms with Crippen LogP contribution in [0.4, 0.5) is 0 Å². The van der Waals surface area contributed by atoms with Gasteiger partial charge in [0, 0.05) is 12.3 Å². The molecule has 0 radical (unpaired) electrons. The number of ether oxygens (including phenoxy) is 2. The number of rotatable bonds is 4. The first-order valence-electron chi connectivity index (χ1n) is 4.99. The Morgan fingerprint density at radius 3 is 2.25 bits per heavy atom. The molecular weight excluding hydrogens is 152 g/mol. The van der Waals surface area contributed by atoms with Gasteiger partial charge in [-0.1, -0.05) is 27.2 Å². The molecule has 0 N–H and O–H groups in total. The van der Waals surface area contributed by atoms with Gasteiger partial charge in [-0.3, -0.25) is 0 Å². The lowest BCUT2D eigenvalue weighted by molar-refractivity contribution is -0.192. The van der Waals surface area contributed by atoms with Gasteiger partial charge < -0.3 is 9.47 Å². The van der Waals surface area contributed by atoms with E-state index >= 15 is 0 Å². The van der Waals surface area contributed by atoms with Crippen LogP contribution in [0.3, 0.4) is 0 Å². The van der Waals surface area contributed by atoms with Gasteiger partial charge >= 0.3 is 0 Å². The Morgan fingerprint density at radius 1 is 1.25 bits per heavy atom. The zero-order valence-electron chi connectivity index (χ0n) is 8.43. The highest BCUT2D eigenvalue weighted by Crippen LogP contribution is 2.32. The Balaban J connectivity index is 2.47. The molecule has 72 valence electrons. The molecule has 1 saturated heterocycles. The SMILES string of the molecule is CCCCC1(C(C)C)OCCO1. The average Bonchev–Trinajstić information content (AvgIpc) is 2.50. The predicted molar refractivity (Wildman–Crippen MR) is 49.0 cm³/mol. The average molecular weight is 172 g/mol. The largest absolute Gasteiger partial charge is 0.347 e. The monoisotopic (exact) mass is 172 g/mol. The van der Waals surface area contributed by atoms with E-state index in [9.17, 15) is 0 Å². The van der Waals surface area contributed by atoms with Crippen molar-refractivity contribution in [3.8, 4) is 0 Å². The fourth-order valence-corrected chi connectivity index (χ4v) is 1.66. The highest BCUT2D eigenvalue weighted by Gasteiger charge is 2.38. The molecular formula is C10H20O2. The summed E-state index contributed by atoms with van der Waals surface area (Å²) >= 11 is 0. The van der Waals surface area contributed by atoms with Gasteiger partial charge in [0.1, 0.15) is 0 Å². The van der Waals surface area contributed by atoms with E-state index in [1.54, 1.807) is 0 Å². The summed E-state index contributed by atoms with van der Waals surface area (Å²) in [7, 11) is 0. The maximum absolute atomic E-state index is 5.68. The second-order valence-corrected chi connectivity index (χ2v) is 3.77. The van der Waals surface area contributed by atoms with Crippen LogP contribution in [0, 0.1) is 5.92 Å². The third kappa shape index (κ3) is 1.99. The smallest absolute Gasteiger partial charge is 0.170 e. The normalized spacial score (nSPS) is 22.0. The van der Waals surface area contributed by atoms with Crippen molar-refractivity contribution in [1.29, 1.82) is 0 Å². The second kappa shape index (κ2) is 4.24. The first-order chi connectivity index (χ1) is 5.71. The van der Waals surface area contributed by atoms with Gasteiger partial charge in [-0.05, 0) is 6.42 Å². The van der Waals surface area contributed by atoms with E-state index in [0.717, 1.165) is 19.6 Å². The standard InChI is InChI=1S/C10H20O2/c1-4-5-6-10(9(2)3)11-7-8-12-10/h9H,4-8H2,1-3H3. The minimum atomic E-state index is -0.254.